The second-order valence-corrected chi connectivity index (χ2v) is 18.3. The number of nitrogens with zero attached hydrogens (tertiary/aromatic N) is 5. The zero-order chi connectivity index (χ0) is 44.0. The predicted octanol–water partition coefficient (Wildman–Crippen LogP) is 16.3. The summed E-state index contributed by atoms with van der Waals surface area (Å²) in [5, 5.41) is 9.51. The quantitative estimate of drug-likeness (QED) is 0.167. The van der Waals surface area contributed by atoms with Crippen LogP contribution in [0.5, 0.6) is 0 Å². The Balaban J connectivity index is 1.06. The summed E-state index contributed by atoms with van der Waals surface area (Å²) in [4.78, 5) is 16.4. The highest BCUT2D eigenvalue weighted by Gasteiger charge is 2.23. The molecule has 14 rings (SSSR count). The van der Waals surface area contributed by atoms with Gasteiger partial charge in [-0.1, -0.05) is 152 Å². The Morgan fingerprint density at radius 1 is 0.299 bits per heavy atom. The largest absolute Gasteiger partial charge is 0.309 e. The second-order valence-electron chi connectivity index (χ2n) is 17.2. The van der Waals surface area contributed by atoms with Gasteiger partial charge in [0, 0.05) is 64.1 Å². The molecule has 0 amide bonds. The minimum Gasteiger partial charge on any atom is -0.309 e. The van der Waals surface area contributed by atoms with Gasteiger partial charge in [-0.25, -0.2) is 15.0 Å². The van der Waals surface area contributed by atoms with Crippen LogP contribution < -0.4 is 0 Å². The van der Waals surface area contributed by atoms with Crippen molar-refractivity contribution in [1.29, 1.82) is 0 Å². The lowest BCUT2D eigenvalue weighted by molar-refractivity contribution is 1.07. The Morgan fingerprint density at radius 2 is 0.836 bits per heavy atom. The first kappa shape index (κ1) is 37.6. The first-order valence-corrected chi connectivity index (χ1v) is 23.4. The summed E-state index contributed by atoms with van der Waals surface area (Å²) in [6.07, 6.45) is 0. The molecule has 67 heavy (non-hydrogen) atoms. The van der Waals surface area contributed by atoms with E-state index in [1.165, 1.54) is 47.1 Å². The molecule has 4 aromatic heterocycles. The van der Waals surface area contributed by atoms with Crippen LogP contribution in [0.2, 0.25) is 0 Å². The third kappa shape index (κ3) is 6.04. The molecule has 0 spiro atoms. The number of hydrogen-bond donors (Lipinski definition) is 0. The fraction of sp³-hybridized carbons (Fsp3) is 0. The summed E-state index contributed by atoms with van der Waals surface area (Å²) in [5.74, 6) is 1.83. The summed E-state index contributed by atoms with van der Waals surface area (Å²) < 4.78 is 7.22. The molecule has 14 aromatic rings. The minimum absolute atomic E-state index is 0.609. The zero-order valence-corrected chi connectivity index (χ0v) is 36.8. The molecule has 0 saturated heterocycles. The average Bonchev–Trinajstić information content (AvgIpc) is 4.04. The third-order valence-corrected chi connectivity index (χ3v) is 14.5. The standard InChI is InChI=1S/C61H37N5S/c1-3-15-38(16-4-1)39-27-29-40(30-28-39)59-62-60(43-31-32-54-48(34-43)45-21-9-12-24-52(45)65(54)44-19-5-2-6-20-44)64-61(63-59)51-36-50-47-23-11-14-26-57(47)67-58(50)37-56(51)66-53-25-13-10-22-46(53)49-33-41-17-7-8-18-42(41)35-55(49)66/h1-37H. The van der Waals surface area contributed by atoms with Gasteiger partial charge in [-0.15, -0.1) is 11.3 Å². The summed E-state index contributed by atoms with van der Waals surface area (Å²) in [6, 6.07) is 80.4. The van der Waals surface area contributed by atoms with E-state index in [4.69, 9.17) is 15.0 Å². The van der Waals surface area contributed by atoms with Crippen LogP contribution in [-0.4, -0.2) is 24.1 Å². The highest BCUT2D eigenvalue weighted by molar-refractivity contribution is 7.25. The van der Waals surface area contributed by atoms with E-state index in [2.05, 4.69) is 234 Å². The number of thiophene rings is 1. The SMILES string of the molecule is c1ccc(-c2ccc(-c3nc(-c4ccc5c(c4)c4ccccc4n5-c4ccccc4)nc(-c4cc5c(cc4-n4c6ccccc6c6cc7ccccc7cc64)sc4ccccc45)n3)cc2)cc1. The van der Waals surface area contributed by atoms with Crippen LogP contribution in [0.1, 0.15) is 0 Å². The van der Waals surface area contributed by atoms with E-state index in [9.17, 15) is 0 Å². The maximum Gasteiger partial charge on any atom is 0.166 e. The molecule has 0 atom stereocenters. The Bertz CT molecular complexity index is 4260. The molecule has 10 aromatic carbocycles. The van der Waals surface area contributed by atoms with Crippen LogP contribution in [0, 0.1) is 0 Å². The number of hydrogen-bond acceptors (Lipinski definition) is 4. The van der Waals surface area contributed by atoms with Crippen molar-refractivity contribution in [2.24, 2.45) is 0 Å². The van der Waals surface area contributed by atoms with Gasteiger partial charge in [-0.3, -0.25) is 0 Å². The van der Waals surface area contributed by atoms with E-state index in [1.54, 1.807) is 0 Å². The van der Waals surface area contributed by atoms with Gasteiger partial charge in [0.1, 0.15) is 0 Å². The Labute approximate surface area is 389 Å². The molecule has 0 aliphatic carbocycles. The van der Waals surface area contributed by atoms with Crippen molar-refractivity contribution in [3.63, 3.8) is 0 Å². The van der Waals surface area contributed by atoms with E-state index in [-0.39, 0.29) is 0 Å². The van der Waals surface area contributed by atoms with Gasteiger partial charge in [-0.2, -0.15) is 0 Å². The van der Waals surface area contributed by atoms with Gasteiger partial charge in [0.05, 0.1) is 27.8 Å². The van der Waals surface area contributed by atoms with Crippen LogP contribution >= 0.6 is 11.3 Å². The van der Waals surface area contributed by atoms with Crippen LogP contribution in [0.4, 0.5) is 0 Å². The lowest BCUT2D eigenvalue weighted by Gasteiger charge is -2.16. The molecule has 0 aliphatic heterocycles. The summed E-state index contributed by atoms with van der Waals surface area (Å²) >= 11 is 1.82. The maximum atomic E-state index is 5.53. The average molecular weight is 872 g/mol. The fourth-order valence-corrected chi connectivity index (χ4v) is 11.3. The molecule has 6 heteroatoms. The highest BCUT2D eigenvalue weighted by atomic mass is 32.1. The summed E-state index contributed by atoms with van der Waals surface area (Å²) in [7, 11) is 0. The Morgan fingerprint density at radius 3 is 1.60 bits per heavy atom. The van der Waals surface area contributed by atoms with Crippen molar-refractivity contribution < 1.29 is 0 Å². The van der Waals surface area contributed by atoms with Gasteiger partial charge in [-0.05, 0) is 94.7 Å². The molecule has 0 saturated carbocycles. The second kappa shape index (κ2) is 14.9. The molecule has 0 unspecified atom stereocenters. The normalized spacial score (nSPS) is 11.9. The van der Waals surface area contributed by atoms with Crippen LogP contribution in [0.25, 0.3) is 131 Å². The number of benzene rings is 10. The predicted molar refractivity (Wildman–Crippen MR) is 281 cm³/mol. The van der Waals surface area contributed by atoms with E-state index in [0.717, 1.165) is 66.6 Å². The van der Waals surface area contributed by atoms with Crippen molar-refractivity contribution >= 4 is 85.9 Å². The van der Waals surface area contributed by atoms with Crippen molar-refractivity contribution in [1.82, 2.24) is 24.1 Å². The molecule has 0 bridgehead atoms. The molecule has 0 fully saturated rings. The molecule has 5 nitrogen and oxygen atoms in total. The highest BCUT2D eigenvalue weighted by Crippen LogP contribution is 2.44. The minimum atomic E-state index is 0.609. The third-order valence-electron chi connectivity index (χ3n) is 13.3. The molecule has 0 N–H and O–H groups in total. The van der Waals surface area contributed by atoms with Crippen molar-refractivity contribution in [2.75, 3.05) is 0 Å². The number of fused-ring (bicyclic) bond motifs is 10. The molecule has 0 aliphatic rings. The Hall–Kier alpha value is -8.71. The van der Waals surface area contributed by atoms with Crippen LogP contribution in [-0.2, 0) is 0 Å². The van der Waals surface area contributed by atoms with Crippen molar-refractivity contribution in [3.05, 3.63) is 224 Å². The van der Waals surface area contributed by atoms with Gasteiger partial charge in [0.2, 0.25) is 0 Å². The monoisotopic (exact) mass is 871 g/mol. The molecular formula is C61H37N5S. The summed E-state index contributed by atoms with van der Waals surface area (Å²) in [5.41, 5.74) is 11.7. The lowest BCUT2D eigenvalue weighted by atomic mass is 10.0. The first-order chi connectivity index (χ1) is 33.2. The van der Waals surface area contributed by atoms with Gasteiger partial charge in [0.15, 0.2) is 17.5 Å². The lowest BCUT2D eigenvalue weighted by Crippen LogP contribution is -2.04. The molecule has 4 heterocycles. The number of aromatic nitrogens is 5. The van der Waals surface area contributed by atoms with E-state index < -0.39 is 0 Å². The van der Waals surface area contributed by atoms with Crippen molar-refractivity contribution in [2.45, 2.75) is 0 Å². The first-order valence-electron chi connectivity index (χ1n) is 22.6. The van der Waals surface area contributed by atoms with E-state index >= 15 is 0 Å². The Kier molecular flexibility index (Phi) is 8.38. The van der Waals surface area contributed by atoms with Crippen molar-refractivity contribution in [3.8, 4) is 56.7 Å². The van der Waals surface area contributed by atoms with Crippen LogP contribution in [0.15, 0.2) is 224 Å². The smallest absolute Gasteiger partial charge is 0.166 e. The molecular weight excluding hydrogens is 835 g/mol. The zero-order valence-electron chi connectivity index (χ0n) is 36.0. The summed E-state index contributed by atoms with van der Waals surface area (Å²) in [6.45, 7) is 0. The van der Waals surface area contributed by atoms with Crippen LogP contribution in [0.3, 0.4) is 0 Å². The van der Waals surface area contributed by atoms with E-state index in [0.29, 0.717) is 17.5 Å². The fourth-order valence-electron chi connectivity index (χ4n) is 10.2. The van der Waals surface area contributed by atoms with Gasteiger partial charge in [0.25, 0.3) is 0 Å². The molecule has 312 valence electrons. The number of rotatable bonds is 6. The molecule has 0 radical (unpaired) electrons. The maximum absolute atomic E-state index is 5.53. The van der Waals surface area contributed by atoms with E-state index in [1.807, 2.05) is 11.3 Å². The topological polar surface area (TPSA) is 48.5 Å². The van der Waals surface area contributed by atoms with Gasteiger partial charge >= 0.3 is 0 Å². The van der Waals surface area contributed by atoms with Gasteiger partial charge < -0.3 is 9.13 Å². The number of para-hydroxylation sites is 3.